The molecule has 3 heteroatoms. The molecule has 3 N–H and O–H groups in total. The van der Waals surface area contributed by atoms with Gasteiger partial charge >= 0.3 is 0 Å². The Kier molecular flexibility index (Phi) is 3.44. The monoisotopic (exact) mass is 164 g/mol. The van der Waals surface area contributed by atoms with Crippen LogP contribution in [0, 0.1) is 0 Å². The normalized spacial score (nSPS) is 13.5. The standard InChI is InChI=1S/C9H12N2O/c10-7-9(12)2-1-8-3-5-11-6-4-8/h1-6,9,12H,7,10H2/b2-1+. The lowest BCUT2D eigenvalue weighted by atomic mass is 10.2. The number of aliphatic hydroxyl groups is 1. The molecule has 0 aliphatic rings. The molecule has 0 aromatic carbocycles. The van der Waals surface area contributed by atoms with Crippen LogP contribution in [0.3, 0.4) is 0 Å². The fraction of sp³-hybridized carbons (Fsp3) is 0.222. The molecule has 1 aromatic heterocycles. The molecule has 0 aliphatic heterocycles. The molecule has 0 saturated heterocycles. The Balaban J connectivity index is 2.58. The van der Waals surface area contributed by atoms with Crippen molar-refractivity contribution in [2.75, 3.05) is 6.54 Å². The lowest BCUT2D eigenvalue weighted by Crippen LogP contribution is -2.16. The fourth-order valence-electron chi connectivity index (χ4n) is 0.775. The number of hydrogen-bond donors (Lipinski definition) is 2. The Bertz CT molecular complexity index is 246. The Morgan fingerprint density at radius 3 is 2.75 bits per heavy atom. The fourth-order valence-corrected chi connectivity index (χ4v) is 0.775. The van der Waals surface area contributed by atoms with Crippen molar-refractivity contribution < 1.29 is 5.11 Å². The van der Waals surface area contributed by atoms with E-state index >= 15 is 0 Å². The van der Waals surface area contributed by atoms with E-state index in [1.165, 1.54) is 0 Å². The van der Waals surface area contributed by atoms with Gasteiger partial charge in [0.05, 0.1) is 6.10 Å². The van der Waals surface area contributed by atoms with E-state index in [1.807, 2.05) is 18.2 Å². The summed E-state index contributed by atoms with van der Waals surface area (Å²) < 4.78 is 0. The highest BCUT2D eigenvalue weighted by Gasteiger charge is 1.91. The van der Waals surface area contributed by atoms with Crippen LogP contribution in [0.15, 0.2) is 30.6 Å². The quantitative estimate of drug-likeness (QED) is 0.680. The SMILES string of the molecule is NCC(O)/C=C/c1ccncc1. The molecule has 0 bridgehead atoms. The Labute approximate surface area is 71.6 Å². The first kappa shape index (κ1) is 8.90. The predicted molar refractivity (Wildman–Crippen MR) is 48.3 cm³/mol. The van der Waals surface area contributed by atoms with Gasteiger partial charge in [0, 0.05) is 18.9 Å². The number of aliphatic hydroxyl groups excluding tert-OH is 1. The number of aromatic nitrogens is 1. The third-order valence-electron chi connectivity index (χ3n) is 1.46. The Morgan fingerprint density at radius 2 is 2.17 bits per heavy atom. The molecule has 0 spiro atoms. The van der Waals surface area contributed by atoms with E-state index in [-0.39, 0.29) is 6.54 Å². The summed E-state index contributed by atoms with van der Waals surface area (Å²) in [6.07, 6.45) is 6.33. The van der Waals surface area contributed by atoms with E-state index in [4.69, 9.17) is 10.8 Å². The molecule has 1 heterocycles. The van der Waals surface area contributed by atoms with Crippen molar-refractivity contribution in [1.29, 1.82) is 0 Å². The molecule has 1 atom stereocenters. The Morgan fingerprint density at radius 1 is 1.50 bits per heavy atom. The summed E-state index contributed by atoms with van der Waals surface area (Å²) >= 11 is 0. The Hall–Kier alpha value is -1.19. The summed E-state index contributed by atoms with van der Waals surface area (Å²) in [5.74, 6) is 0. The van der Waals surface area contributed by atoms with E-state index in [9.17, 15) is 0 Å². The number of pyridine rings is 1. The summed E-state index contributed by atoms with van der Waals surface area (Å²) in [4.78, 5) is 3.87. The lowest BCUT2D eigenvalue weighted by Gasteiger charge is -1.98. The first-order valence-corrected chi connectivity index (χ1v) is 3.79. The van der Waals surface area contributed by atoms with E-state index in [2.05, 4.69) is 4.98 Å². The van der Waals surface area contributed by atoms with Crippen molar-refractivity contribution in [3.05, 3.63) is 36.2 Å². The van der Waals surface area contributed by atoms with Crippen LogP contribution in [0.25, 0.3) is 6.08 Å². The van der Waals surface area contributed by atoms with Gasteiger partial charge in [0.1, 0.15) is 0 Å². The van der Waals surface area contributed by atoms with Crippen LogP contribution in [-0.4, -0.2) is 22.7 Å². The zero-order valence-electron chi connectivity index (χ0n) is 6.72. The largest absolute Gasteiger partial charge is 0.388 e. The van der Waals surface area contributed by atoms with Gasteiger partial charge in [-0.3, -0.25) is 4.98 Å². The van der Waals surface area contributed by atoms with Crippen LogP contribution in [0.5, 0.6) is 0 Å². The lowest BCUT2D eigenvalue weighted by molar-refractivity contribution is 0.232. The summed E-state index contributed by atoms with van der Waals surface area (Å²) in [5.41, 5.74) is 6.23. The minimum absolute atomic E-state index is 0.252. The topological polar surface area (TPSA) is 59.1 Å². The second-order valence-corrected chi connectivity index (χ2v) is 2.44. The molecule has 1 unspecified atom stereocenters. The highest BCUT2D eigenvalue weighted by Crippen LogP contribution is 1.99. The third-order valence-corrected chi connectivity index (χ3v) is 1.46. The van der Waals surface area contributed by atoms with Crippen molar-refractivity contribution in [3.63, 3.8) is 0 Å². The number of hydrogen-bond acceptors (Lipinski definition) is 3. The van der Waals surface area contributed by atoms with Gasteiger partial charge in [0.25, 0.3) is 0 Å². The maximum Gasteiger partial charge on any atom is 0.0846 e. The first-order chi connectivity index (χ1) is 5.83. The van der Waals surface area contributed by atoms with Gasteiger partial charge in [-0.2, -0.15) is 0 Å². The van der Waals surface area contributed by atoms with Crippen molar-refractivity contribution >= 4 is 6.08 Å². The second-order valence-electron chi connectivity index (χ2n) is 2.44. The predicted octanol–water partition coefficient (Wildman–Crippen LogP) is 0.414. The number of rotatable bonds is 3. The van der Waals surface area contributed by atoms with Gasteiger partial charge in [-0.15, -0.1) is 0 Å². The van der Waals surface area contributed by atoms with Crippen LogP contribution >= 0.6 is 0 Å². The third kappa shape index (κ3) is 2.82. The molecule has 12 heavy (non-hydrogen) atoms. The van der Waals surface area contributed by atoms with Crippen LogP contribution in [0.4, 0.5) is 0 Å². The van der Waals surface area contributed by atoms with Gasteiger partial charge in [0.15, 0.2) is 0 Å². The van der Waals surface area contributed by atoms with Gasteiger partial charge in [-0.25, -0.2) is 0 Å². The average molecular weight is 164 g/mol. The molecule has 0 fully saturated rings. The maximum atomic E-state index is 9.09. The van der Waals surface area contributed by atoms with Crippen LogP contribution in [0.1, 0.15) is 5.56 Å². The molecular weight excluding hydrogens is 152 g/mol. The summed E-state index contributed by atoms with van der Waals surface area (Å²) in [6.45, 7) is 0.252. The van der Waals surface area contributed by atoms with E-state index in [0.29, 0.717) is 0 Å². The molecule has 1 rings (SSSR count). The van der Waals surface area contributed by atoms with Crippen molar-refractivity contribution in [2.45, 2.75) is 6.10 Å². The summed E-state index contributed by atoms with van der Waals surface area (Å²) in [5, 5.41) is 9.09. The second kappa shape index (κ2) is 4.64. The molecule has 64 valence electrons. The van der Waals surface area contributed by atoms with Crippen molar-refractivity contribution in [3.8, 4) is 0 Å². The maximum absolute atomic E-state index is 9.09. The highest BCUT2D eigenvalue weighted by molar-refractivity contribution is 5.48. The number of nitrogens with two attached hydrogens (primary N) is 1. The van der Waals surface area contributed by atoms with E-state index in [1.54, 1.807) is 18.5 Å². The minimum Gasteiger partial charge on any atom is -0.388 e. The highest BCUT2D eigenvalue weighted by atomic mass is 16.3. The van der Waals surface area contributed by atoms with Gasteiger partial charge in [0.2, 0.25) is 0 Å². The smallest absolute Gasteiger partial charge is 0.0846 e. The molecule has 3 nitrogen and oxygen atoms in total. The van der Waals surface area contributed by atoms with Crippen molar-refractivity contribution in [2.24, 2.45) is 5.73 Å². The van der Waals surface area contributed by atoms with E-state index in [0.717, 1.165) is 5.56 Å². The van der Waals surface area contributed by atoms with Gasteiger partial charge < -0.3 is 10.8 Å². The minimum atomic E-state index is -0.557. The molecule has 0 amide bonds. The van der Waals surface area contributed by atoms with Crippen LogP contribution in [0.2, 0.25) is 0 Å². The van der Waals surface area contributed by atoms with Crippen molar-refractivity contribution in [1.82, 2.24) is 4.98 Å². The molecule has 1 aromatic rings. The summed E-state index contributed by atoms with van der Waals surface area (Å²) in [7, 11) is 0. The molecule has 0 aliphatic carbocycles. The molecular formula is C9H12N2O. The average Bonchev–Trinajstić information content (AvgIpc) is 2.16. The molecule has 0 radical (unpaired) electrons. The van der Waals surface area contributed by atoms with E-state index < -0.39 is 6.10 Å². The van der Waals surface area contributed by atoms with Crippen LogP contribution in [-0.2, 0) is 0 Å². The molecule has 0 saturated carbocycles. The number of nitrogens with zero attached hydrogens (tertiary/aromatic N) is 1. The zero-order valence-corrected chi connectivity index (χ0v) is 6.72. The first-order valence-electron chi connectivity index (χ1n) is 3.79. The van der Waals surface area contributed by atoms with Gasteiger partial charge in [-0.1, -0.05) is 12.2 Å². The summed E-state index contributed by atoms with van der Waals surface area (Å²) in [6, 6.07) is 3.72. The van der Waals surface area contributed by atoms with Crippen LogP contribution < -0.4 is 5.73 Å². The zero-order chi connectivity index (χ0) is 8.81. The van der Waals surface area contributed by atoms with Gasteiger partial charge in [-0.05, 0) is 17.7 Å².